The maximum atomic E-state index is 13.6. The minimum atomic E-state index is -4.56. The quantitative estimate of drug-likeness (QED) is 0.228. The molecule has 2 aromatic rings. The molecule has 0 amide bonds. The molecule has 0 bridgehead atoms. The zero-order valence-electron chi connectivity index (χ0n) is 29.4. The van der Waals surface area contributed by atoms with Crippen LogP contribution in [0.4, 0.5) is 13.2 Å². The molecule has 0 unspecified atom stereocenters. The number of hydrogen-bond donors (Lipinski definition) is 0. The Bertz CT molecular complexity index is 1530. The van der Waals surface area contributed by atoms with Crippen molar-refractivity contribution in [1.82, 2.24) is 9.97 Å². The van der Waals surface area contributed by atoms with Crippen LogP contribution in [0, 0.1) is 5.41 Å². The van der Waals surface area contributed by atoms with Crippen LogP contribution in [0.15, 0.2) is 18.3 Å². The molecule has 12 heteroatoms. The van der Waals surface area contributed by atoms with Gasteiger partial charge in [0, 0.05) is 80.4 Å². The Labute approximate surface area is 282 Å². The highest BCUT2D eigenvalue weighted by molar-refractivity contribution is 6.74. The van der Waals surface area contributed by atoms with Crippen LogP contribution in [0.2, 0.25) is 18.1 Å². The van der Waals surface area contributed by atoms with E-state index < -0.39 is 43.4 Å². The first-order chi connectivity index (χ1) is 22.3. The van der Waals surface area contributed by atoms with E-state index in [2.05, 4.69) is 52.7 Å². The van der Waals surface area contributed by atoms with Crippen molar-refractivity contribution in [2.45, 2.75) is 128 Å². The fraction of sp³-hybridized carbons (Fsp3) is 0.694. The lowest BCUT2D eigenvalue weighted by Crippen LogP contribution is -2.46. The zero-order chi connectivity index (χ0) is 34.9. The van der Waals surface area contributed by atoms with E-state index in [1.54, 1.807) is 0 Å². The maximum absolute atomic E-state index is 13.6. The molecule has 5 heterocycles. The van der Waals surface area contributed by atoms with E-state index in [0.717, 1.165) is 41.3 Å². The van der Waals surface area contributed by atoms with Crippen molar-refractivity contribution in [3.8, 4) is 0 Å². The van der Waals surface area contributed by atoms with Crippen LogP contribution in [-0.2, 0) is 39.9 Å². The van der Waals surface area contributed by atoms with E-state index in [1.165, 1.54) is 19.2 Å². The number of pyridine rings is 2. The van der Waals surface area contributed by atoms with E-state index in [4.69, 9.17) is 28.4 Å². The molecule has 3 atom stereocenters. The second kappa shape index (κ2) is 12.4. The Hall–Kier alpha value is -2.38. The molecule has 4 aliphatic rings. The van der Waals surface area contributed by atoms with Crippen molar-refractivity contribution in [3.05, 3.63) is 57.7 Å². The lowest BCUT2D eigenvalue weighted by molar-refractivity contribution is -0.156. The molecule has 8 nitrogen and oxygen atoms in total. The molecule has 0 aromatic carbocycles. The maximum Gasteiger partial charge on any atom is 0.433 e. The molecule has 1 spiro atoms. The average molecular weight is 691 g/mol. The fourth-order valence-electron chi connectivity index (χ4n) is 7.66. The van der Waals surface area contributed by atoms with Gasteiger partial charge < -0.3 is 23.4 Å². The average Bonchev–Trinajstić information content (AvgIpc) is 3.32. The van der Waals surface area contributed by atoms with Crippen molar-refractivity contribution in [2.75, 3.05) is 26.4 Å². The number of nitrogens with zero attached hydrogens (tertiary/aromatic N) is 2. The van der Waals surface area contributed by atoms with Gasteiger partial charge in [-0.3, -0.25) is 14.8 Å². The number of aromatic nitrogens is 2. The molecule has 6 rings (SSSR count). The standard InChI is InChI=1S/C36H49F3N2O6Si/c1-21(42)45-32-30-26(24(19-34(32,5)6)47-48(7,8)33(2,3)4)28-27(29(41-30)22-11-15-43-16-12-22)31(46-35(28)13-17-44-18-14-35)23-9-10-25(40-20-23)36(37,38)39/h9-10,20,22,24,31-32H,11-19H2,1-8H3/t24-,31-,32-/m0/s1. The number of carbonyl (C=O) groups is 1. The number of halogens is 3. The Morgan fingerprint density at radius 2 is 1.62 bits per heavy atom. The van der Waals surface area contributed by atoms with Gasteiger partial charge in [-0.2, -0.15) is 13.2 Å². The van der Waals surface area contributed by atoms with Crippen LogP contribution in [0.5, 0.6) is 0 Å². The first kappa shape index (κ1) is 35.4. The molecule has 2 saturated heterocycles. The molecule has 2 aromatic heterocycles. The van der Waals surface area contributed by atoms with Gasteiger partial charge in [-0.05, 0) is 49.0 Å². The number of carbonyl (C=O) groups excluding carboxylic acids is 1. The molecule has 1 aliphatic carbocycles. The van der Waals surface area contributed by atoms with E-state index >= 15 is 0 Å². The predicted octanol–water partition coefficient (Wildman–Crippen LogP) is 8.61. The molecule has 264 valence electrons. The number of fused-ring (bicyclic) bond motifs is 4. The van der Waals surface area contributed by atoms with Crippen LogP contribution < -0.4 is 0 Å². The molecule has 0 N–H and O–H groups in total. The highest BCUT2D eigenvalue weighted by Gasteiger charge is 2.56. The third kappa shape index (κ3) is 6.36. The number of hydrogen-bond acceptors (Lipinski definition) is 8. The Kier molecular flexibility index (Phi) is 9.18. The first-order valence-electron chi connectivity index (χ1n) is 17.1. The highest BCUT2D eigenvalue weighted by atomic mass is 28.4. The summed E-state index contributed by atoms with van der Waals surface area (Å²) in [6.07, 6.45) is -1.78. The van der Waals surface area contributed by atoms with Crippen LogP contribution in [-0.4, -0.2) is 50.7 Å². The highest BCUT2D eigenvalue weighted by Crippen LogP contribution is 2.61. The fourth-order valence-corrected chi connectivity index (χ4v) is 8.93. The van der Waals surface area contributed by atoms with Gasteiger partial charge in [0.1, 0.15) is 17.9 Å². The summed E-state index contributed by atoms with van der Waals surface area (Å²) in [6.45, 7) is 18.8. The summed E-state index contributed by atoms with van der Waals surface area (Å²) >= 11 is 0. The lowest BCUT2D eigenvalue weighted by Gasteiger charge is -2.48. The molecule has 48 heavy (non-hydrogen) atoms. The first-order valence-corrected chi connectivity index (χ1v) is 20.0. The smallest absolute Gasteiger partial charge is 0.433 e. The van der Waals surface area contributed by atoms with Gasteiger partial charge in [-0.1, -0.05) is 40.7 Å². The topological polar surface area (TPSA) is 89.0 Å². The summed E-state index contributed by atoms with van der Waals surface area (Å²) in [5, 5.41) is -0.0794. The summed E-state index contributed by atoms with van der Waals surface area (Å²) in [4.78, 5) is 22.0. The SMILES string of the molecule is CC(=O)O[C@H]1c2nc(C3CCOCC3)c3c(c2[C@@H](O[Si](C)(C)C(C)(C)C)CC1(C)C)C1(CCOCC1)O[C@H]3c1ccc(C(F)(F)F)nc1. The van der Waals surface area contributed by atoms with Gasteiger partial charge in [-0.15, -0.1) is 0 Å². The third-order valence-electron chi connectivity index (χ3n) is 11.2. The lowest BCUT2D eigenvalue weighted by atomic mass is 9.68. The van der Waals surface area contributed by atoms with Gasteiger partial charge in [0.15, 0.2) is 8.32 Å². The normalized spacial score (nSPS) is 25.9. The minimum absolute atomic E-state index is 0.0177. The van der Waals surface area contributed by atoms with Crippen LogP contribution in [0.25, 0.3) is 0 Å². The van der Waals surface area contributed by atoms with Gasteiger partial charge in [0.25, 0.3) is 0 Å². The van der Waals surface area contributed by atoms with Gasteiger partial charge in [0.2, 0.25) is 0 Å². The summed E-state index contributed by atoms with van der Waals surface area (Å²) in [7, 11) is -2.36. The number of rotatable bonds is 5. The second-order valence-corrected chi connectivity index (χ2v) is 20.9. The summed E-state index contributed by atoms with van der Waals surface area (Å²) in [6, 6.07) is 2.50. The van der Waals surface area contributed by atoms with Crippen molar-refractivity contribution in [1.29, 1.82) is 0 Å². The van der Waals surface area contributed by atoms with E-state index in [9.17, 15) is 18.0 Å². The summed E-state index contributed by atoms with van der Waals surface area (Å²) in [5.41, 5.74) is 2.59. The monoisotopic (exact) mass is 690 g/mol. The van der Waals surface area contributed by atoms with Gasteiger partial charge in [0.05, 0.1) is 23.1 Å². The molecular weight excluding hydrogens is 641 g/mol. The molecular formula is C36H49F3N2O6Si. The molecule has 2 fully saturated rings. The third-order valence-corrected chi connectivity index (χ3v) is 15.7. The minimum Gasteiger partial charge on any atom is -0.455 e. The van der Waals surface area contributed by atoms with E-state index in [1.807, 2.05) is 0 Å². The van der Waals surface area contributed by atoms with Gasteiger partial charge in [-0.25, -0.2) is 0 Å². The van der Waals surface area contributed by atoms with E-state index in [0.29, 0.717) is 56.9 Å². The largest absolute Gasteiger partial charge is 0.455 e. The van der Waals surface area contributed by atoms with Gasteiger partial charge >= 0.3 is 12.1 Å². The van der Waals surface area contributed by atoms with Crippen molar-refractivity contribution >= 4 is 14.3 Å². The Morgan fingerprint density at radius 3 is 2.19 bits per heavy atom. The predicted molar refractivity (Wildman–Crippen MR) is 175 cm³/mol. The van der Waals surface area contributed by atoms with Crippen molar-refractivity contribution in [3.63, 3.8) is 0 Å². The summed E-state index contributed by atoms with van der Waals surface area (Å²) < 4.78 is 73.0. The second-order valence-electron chi connectivity index (χ2n) is 16.1. The van der Waals surface area contributed by atoms with E-state index in [-0.39, 0.29) is 23.0 Å². The summed E-state index contributed by atoms with van der Waals surface area (Å²) in [5.74, 6) is -0.368. The number of esters is 1. The van der Waals surface area contributed by atoms with Crippen molar-refractivity contribution < 1.29 is 41.3 Å². The molecule has 0 saturated carbocycles. The number of alkyl halides is 3. The van der Waals surface area contributed by atoms with Crippen molar-refractivity contribution in [2.24, 2.45) is 5.41 Å². The molecule has 0 radical (unpaired) electrons. The Balaban J connectivity index is 1.66. The van der Waals surface area contributed by atoms with Crippen LogP contribution >= 0.6 is 0 Å². The van der Waals surface area contributed by atoms with Crippen LogP contribution in [0.1, 0.15) is 137 Å². The zero-order valence-corrected chi connectivity index (χ0v) is 30.4. The molecule has 3 aliphatic heterocycles. The van der Waals surface area contributed by atoms with Crippen LogP contribution in [0.3, 0.4) is 0 Å². The number of ether oxygens (including phenoxy) is 4. The Morgan fingerprint density at radius 1 is 0.979 bits per heavy atom.